The highest BCUT2D eigenvalue weighted by molar-refractivity contribution is 8.16. The van der Waals surface area contributed by atoms with Crippen LogP contribution in [-0.2, 0) is 0 Å². The second-order valence-corrected chi connectivity index (χ2v) is 8.41. The maximum Gasteiger partial charge on any atom is 0.0300 e. The minimum atomic E-state index is 0.195. The lowest BCUT2D eigenvalue weighted by Crippen LogP contribution is -2.06. The van der Waals surface area contributed by atoms with Crippen LogP contribution in [0.2, 0.25) is 0 Å². The van der Waals surface area contributed by atoms with E-state index in [1.807, 2.05) is 11.8 Å². The number of benzene rings is 4. The first-order valence-electron chi connectivity index (χ1n) is 10.3. The Kier molecular flexibility index (Phi) is 5.37. The summed E-state index contributed by atoms with van der Waals surface area (Å²) in [6.45, 7) is 0. The average Bonchev–Trinajstić information content (AvgIpc) is 2.85. The molecule has 0 saturated carbocycles. The van der Waals surface area contributed by atoms with E-state index in [1.54, 1.807) is 0 Å². The van der Waals surface area contributed by atoms with E-state index in [2.05, 4.69) is 127 Å². The van der Waals surface area contributed by atoms with Gasteiger partial charge in [0.1, 0.15) is 0 Å². The van der Waals surface area contributed by atoms with Crippen molar-refractivity contribution < 1.29 is 0 Å². The van der Waals surface area contributed by atoms with E-state index in [9.17, 15) is 0 Å². The van der Waals surface area contributed by atoms with Gasteiger partial charge < -0.3 is 0 Å². The highest BCUT2D eigenvalue weighted by Crippen LogP contribution is 2.53. The molecule has 1 aliphatic rings. The molecular formula is C29H22S. The lowest BCUT2D eigenvalue weighted by Gasteiger charge is -2.29. The zero-order chi connectivity index (χ0) is 20.2. The summed E-state index contributed by atoms with van der Waals surface area (Å²) >= 11 is 1.88. The van der Waals surface area contributed by atoms with Crippen LogP contribution in [0.25, 0.3) is 15.4 Å². The Morgan fingerprint density at radius 1 is 0.467 bits per heavy atom. The molecule has 0 fully saturated rings. The summed E-state index contributed by atoms with van der Waals surface area (Å²) in [5, 5.41) is 0. The van der Waals surface area contributed by atoms with Gasteiger partial charge in [0.2, 0.25) is 0 Å². The molecule has 0 radical (unpaired) electrons. The normalized spacial score (nSPS) is 16.3. The van der Waals surface area contributed by atoms with Crippen molar-refractivity contribution in [2.75, 3.05) is 0 Å². The Morgan fingerprint density at radius 3 is 1.50 bits per heavy atom. The van der Waals surface area contributed by atoms with Crippen molar-refractivity contribution in [2.45, 2.75) is 5.92 Å². The van der Waals surface area contributed by atoms with Crippen LogP contribution in [0.15, 0.2) is 127 Å². The molecule has 0 spiro atoms. The van der Waals surface area contributed by atoms with E-state index in [1.165, 1.54) is 37.6 Å². The molecular weight excluding hydrogens is 380 g/mol. The van der Waals surface area contributed by atoms with Gasteiger partial charge in [0.25, 0.3) is 0 Å². The Balaban J connectivity index is 1.76. The van der Waals surface area contributed by atoms with Crippen LogP contribution in [-0.4, -0.2) is 0 Å². The quantitative estimate of drug-likeness (QED) is 0.332. The third-order valence-corrected chi connectivity index (χ3v) is 6.67. The first kappa shape index (κ1) is 18.7. The molecule has 0 bridgehead atoms. The summed E-state index contributed by atoms with van der Waals surface area (Å²) in [5.74, 6) is 0.195. The van der Waals surface area contributed by atoms with Gasteiger partial charge in [0.05, 0.1) is 0 Å². The van der Waals surface area contributed by atoms with E-state index >= 15 is 0 Å². The van der Waals surface area contributed by atoms with Crippen LogP contribution in [0.3, 0.4) is 0 Å². The number of rotatable bonds is 4. The zero-order valence-corrected chi connectivity index (χ0v) is 17.4. The lowest BCUT2D eigenvalue weighted by molar-refractivity contribution is 1.11. The van der Waals surface area contributed by atoms with Gasteiger partial charge in [-0.3, -0.25) is 0 Å². The van der Waals surface area contributed by atoms with Crippen molar-refractivity contribution in [3.05, 3.63) is 150 Å². The number of thioether (sulfide) groups is 1. The van der Waals surface area contributed by atoms with Crippen molar-refractivity contribution in [3.63, 3.8) is 0 Å². The molecule has 30 heavy (non-hydrogen) atoms. The lowest BCUT2D eigenvalue weighted by atomic mass is 9.84. The summed E-state index contributed by atoms with van der Waals surface area (Å²) in [6, 6.07) is 43.2. The first-order valence-corrected chi connectivity index (χ1v) is 11.1. The topological polar surface area (TPSA) is 0 Å². The van der Waals surface area contributed by atoms with Crippen molar-refractivity contribution in [1.82, 2.24) is 0 Å². The molecule has 0 aliphatic carbocycles. The van der Waals surface area contributed by atoms with Gasteiger partial charge in [-0.25, -0.2) is 0 Å². The average molecular weight is 403 g/mol. The molecule has 1 atom stereocenters. The van der Waals surface area contributed by atoms with Gasteiger partial charge in [0.15, 0.2) is 0 Å². The SMILES string of the molecule is C1=C(c2ccccc2)SC(c2ccccc2)=C(c2ccccc2)C1c1ccccc1. The van der Waals surface area contributed by atoms with Gasteiger partial charge in [-0.2, -0.15) is 0 Å². The predicted molar refractivity (Wildman–Crippen MR) is 131 cm³/mol. The van der Waals surface area contributed by atoms with Gasteiger partial charge in [-0.1, -0.05) is 139 Å². The van der Waals surface area contributed by atoms with Crippen molar-refractivity contribution in [1.29, 1.82) is 0 Å². The minimum Gasteiger partial charge on any atom is -0.0888 e. The van der Waals surface area contributed by atoms with E-state index in [0.29, 0.717) is 0 Å². The highest BCUT2D eigenvalue weighted by Gasteiger charge is 2.27. The summed E-state index contributed by atoms with van der Waals surface area (Å²) in [7, 11) is 0. The zero-order valence-electron chi connectivity index (χ0n) is 16.6. The second-order valence-electron chi connectivity index (χ2n) is 7.36. The first-order chi connectivity index (χ1) is 14.9. The molecule has 0 nitrogen and oxygen atoms in total. The maximum atomic E-state index is 2.43. The molecule has 0 amide bonds. The van der Waals surface area contributed by atoms with Gasteiger partial charge in [-0.15, -0.1) is 0 Å². The monoisotopic (exact) mass is 402 g/mol. The molecule has 1 aliphatic heterocycles. The molecule has 4 aromatic rings. The molecule has 0 aromatic heterocycles. The van der Waals surface area contributed by atoms with E-state index in [-0.39, 0.29) is 5.92 Å². The van der Waals surface area contributed by atoms with Crippen LogP contribution in [0.4, 0.5) is 0 Å². The van der Waals surface area contributed by atoms with Crippen molar-refractivity contribution in [2.24, 2.45) is 0 Å². The molecule has 1 heteroatoms. The Labute approximate surface area is 182 Å². The summed E-state index contributed by atoms with van der Waals surface area (Å²) in [4.78, 5) is 2.64. The Bertz CT molecular complexity index is 1170. The fraction of sp³-hybridized carbons (Fsp3) is 0.0345. The largest absolute Gasteiger partial charge is 0.0888 e. The molecule has 1 heterocycles. The van der Waals surface area contributed by atoms with Crippen LogP contribution in [0.1, 0.15) is 28.2 Å². The Morgan fingerprint density at radius 2 is 0.933 bits per heavy atom. The third-order valence-electron chi connectivity index (χ3n) is 5.42. The van der Waals surface area contributed by atoms with Crippen molar-refractivity contribution in [3.8, 4) is 0 Å². The standard InChI is InChI=1S/C29H22S/c1-5-13-22(14-6-1)26-21-27(23-15-7-2-8-16-23)30-29(25-19-11-4-12-20-25)28(26)24-17-9-3-10-18-24/h1-21,26H. The fourth-order valence-electron chi connectivity index (χ4n) is 3.99. The summed E-state index contributed by atoms with van der Waals surface area (Å²) in [5.41, 5.74) is 6.50. The second kappa shape index (κ2) is 8.61. The van der Waals surface area contributed by atoms with Crippen LogP contribution in [0.5, 0.6) is 0 Å². The fourth-order valence-corrected chi connectivity index (χ4v) is 5.27. The highest BCUT2D eigenvalue weighted by atomic mass is 32.2. The summed E-state index contributed by atoms with van der Waals surface area (Å²) < 4.78 is 0. The number of hydrogen-bond donors (Lipinski definition) is 0. The summed E-state index contributed by atoms with van der Waals surface area (Å²) in [6.07, 6.45) is 2.43. The van der Waals surface area contributed by atoms with Gasteiger partial charge >= 0.3 is 0 Å². The minimum absolute atomic E-state index is 0.195. The van der Waals surface area contributed by atoms with Crippen LogP contribution in [0, 0.1) is 0 Å². The van der Waals surface area contributed by atoms with Crippen LogP contribution < -0.4 is 0 Å². The number of allylic oxidation sites excluding steroid dienone is 2. The van der Waals surface area contributed by atoms with Crippen molar-refractivity contribution >= 4 is 27.1 Å². The molecule has 144 valence electrons. The molecule has 0 N–H and O–H groups in total. The van der Waals surface area contributed by atoms with Gasteiger partial charge in [-0.05, 0) is 27.8 Å². The smallest absolute Gasteiger partial charge is 0.0300 e. The maximum absolute atomic E-state index is 2.43. The van der Waals surface area contributed by atoms with E-state index < -0.39 is 0 Å². The van der Waals surface area contributed by atoms with E-state index in [4.69, 9.17) is 0 Å². The Hall–Kier alpha value is -3.29. The van der Waals surface area contributed by atoms with Gasteiger partial charge in [0, 0.05) is 15.7 Å². The van der Waals surface area contributed by atoms with E-state index in [0.717, 1.165) is 0 Å². The molecule has 0 saturated heterocycles. The molecule has 1 unspecified atom stereocenters. The predicted octanol–water partition coefficient (Wildman–Crippen LogP) is 8.13. The third kappa shape index (κ3) is 3.77. The number of hydrogen-bond acceptors (Lipinski definition) is 1. The van der Waals surface area contributed by atoms with Crippen LogP contribution >= 0.6 is 11.8 Å². The molecule has 5 rings (SSSR count). The molecule has 4 aromatic carbocycles.